The SMILES string of the molecule is [3H]N1Cc2c(cccc2C(C)(C)C)C1=O. The summed E-state index contributed by atoms with van der Waals surface area (Å²) in [4.78, 5) is 11.6. The smallest absolute Gasteiger partial charge is 0.251 e. The lowest BCUT2D eigenvalue weighted by molar-refractivity contribution is 0.0966. The first-order valence-corrected chi connectivity index (χ1v) is 4.84. The number of carbonyl (C=O) groups is 1. The molecule has 0 aromatic heterocycles. The standard InChI is InChI=1S/C12H15NO/c1-12(2,3)10-6-4-5-8-9(10)7-13-11(8)14/h4-6H,7H2,1-3H3,(H,13,14)/i/hT. The molecular weight excluding hydrogens is 174 g/mol. The number of rotatable bonds is 0. The highest BCUT2D eigenvalue weighted by Crippen LogP contribution is 2.29. The van der Waals surface area contributed by atoms with Crippen molar-refractivity contribution in [1.29, 1.82) is 0 Å². The van der Waals surface area contributed by atoms with Crippen molar-refractivity contribution in [2.75, 3.05) is 0 Å². The van der Waals surface area contributed by atoms with Gasteiger partial charge in [-0.3, -0.25) is 4.79 Å². The summed E-state index contributed by atoms with van der Waals surface area (Å²) in [6.45, 7) is 6.79. The Morgan fingerprint density at radius 3 is 2.79 bits per heavy atom. The first-order valence-electron chi connectivity index (χ1n) is 5.29. The molecule has 14 heavy (non-hydrogen) atoms. The van der Waals surface area contributed by atoms with Crippen LogP contribution < -0.4 is 5.31 Å². The lowest BCUT2D eigenvalue weighted by Gasteiger charge is -2.21. The van der Waals surface area contributed by atoms with Gasteiger partial charge in [0.2, 0.25) is 0 Å². The van der Waals surface area contributed by atoms with E-state index in [0.29, 0.717) is 12.1 Å². The van der Waals surface area contributed by atoms with E-state index in [4.69, 9.17) is 1.41 Å². The second-order valence-corrected chi connectivity index (χ2v) is 4.70. The van der Waals surface area contributed by atoms with Crippen molar-refractivity contribution in [2.45, 2.75) is 32.7 Å². The Labute approximate surface area is 85.8 Å². The number of fused-ring (bicyclic) bond motifs is 1. The van der Waals surface area contributed by atoms with Crippen LogP contribution in [0.3, 0.4) is 0 Å². The van der Waals surface area contributed by atoms with E-state index in [1.165, 1.54) is 5.56 Å². The van der Waals surface area contributed by atoms with Gasteiger partial charge in [-0.25, -0.2) is 0 Å². The van der Waals surface area contributed by atoms with Crippen molar-refractivity contribution in [3.05, 3.63) is 34.9 Å². The van der Waals surface area contributed by atoms with Crippen molar-refractivity contribution in [2.24, 2.45) is 0 Å². The molecule has 0 radical (unpaired) electrons. The Morgan fingerprint density at radius 2 is 2.14 bits per heavy atom. The van der Waals surface area contributed by atoms with Crippen LogP contribution in [-0.4, -0.2) is 5.91 Å². The Kier molecular flexibility index (Phi) is 1.63. The molecule has 0 saturated carbocycles. The third-order valence-electron chi connectivity index (χ3n) is 2.60. The normalized spacial score (nSPS) is 16.9. The molecule has 0 aliphatic carbocycles. The quantitative estimate of drug-likeness (QED) is 0.669. The zero-order valence-corrected chi connectivity index (χ0v) is 8.79. The first-order chi connectivity index (χ1) is 6.91. The van der Waals surface area contributed by atoms with Crippen molar-refractivity contribution >= 4 is 5.91 Å². The molecule has 74 valence electrons. The monoisotopic (exact) mass is 191 g/mol. The molecule has 0 spiro atoms. The molecule has 1 aliphatic rings. The molecule has 1 aliphatic heterocycles. The third kappa shape index (κ3) is 1.31. The summed E-state index contributed by atoms with van der Waals surface area (Å²) in [6.07, 6.45) is 0. The second kappa shape index (κ2) is 2.84. The average Bonchev–Trinajstić information content (AvgIpc) is 2.41. The molecule has 1 aromatic rings. The minimum Gasteiger partial charge on any atom is -0.348 e. The molecule has 2 nitrogen and oxygen atoms in total. The highest BCUT2D eigenvalue weighted by atomic mass is 16.1. The van der Waals surface area contributed by atoms with Crippen LogP contribution in [0.5, 0.6) is 0 Å². The lowest BCUT2D eigenvalue weighted by atomic mass is 9.83. The predicted molar refractivity (Wildman–Crippen MR) is 56.3 cm³/mol. The van der Waals surface area contributed by atoms with Crippen molar-refractivity contribution in [3.8, 4) is 0 Å². The Hall–Kier alpha value is -1.31. The van der Waals surface area contributed by atoms with Crippen LogP contribution >= 0.6 is 0 Å². The van der Waals surface area contributed by atoms with E-state index in [-0.39, 0.29) is 11.3 Å². The summed E-state index contributed by atoms with van der Waals surface area (Å²) in [5, 5.41) is 1.03. The van der Waals surface area contributed by atoms with Gasteiger partial charge in [0.05, 0.1) is 0 Å². The van der Waals surface area contributed by atoms with E-state index in [1.807, 2.05) is 12.1 Å². The number of nitrogens with one attached hydrogen (secondary N) is 1. The molecule has 1 aromatic carbocycles. The number of benzene rings is 1. The molecule has 1 amide bonds. The predicted octanol–water partition coefficient (Wildman–Crippen LogP) is 2.23. The van der Waals surface area contributed by atoms with Crippen molar-refractivity contribution in [3.63, 3.8) is 0 Å². The maximum absolute atomic E-state index is 11.6. The Balaban J connectivity index is 2.60. The largest absolute Gasteiger partial charge is 0.348 e. The lowest BCUT2D eigenvalue weighted by Crippen LogP contribution is -2.14. The van der Waals surface area contributed by atoms with Crippen molar-refractivity contribution < 1.29 is 6.21 Å². The van der Waals surface area contributed by atoms with Crippen LogP contribution in [0.4, 0.5) is 0 Å². The van der Waals surface area contributed by atoms with Crippen molar-refractivity contribution in [1.82, 2.24) is 5.31 Å². The molecule has 0 unspecified atom stereocenters. The maximum atomic E-state index is 11.6. The third-order valence-corrected chi connectivity index (χ3v) is 2.60. The highest BCUT2D eigenvalue weighted by Gasteiger charge is 2.26. The van der Waals surface area contributed by atoms with Gasteiger partial charge in [0, 0.05) is 12.1 Å². The van der Waals surface area contributed by atoms with Gasteiger partial charge < -0.3 is 5.31 Å². The summed E-state index contributed by atoms with van der Waals surface area (Å²) < 4.78 is 7.51. The molecule has 0 bridgehead atoms. The summed E-state index contributed by atoms with van der Waals surface area (Å²) in [7, 11) is 0. The van der Waals surface area contributed by atoms with Gasteiger partial charge in [0.25, 0.3) is 5.91 Å². The van der Waals surface area contributed by atoms with Crippen LogP contribution in [0.1, 0.15) is 42.3 Å². The topological polar surface area (TPSA) is 29.1 Å². The van der Waals surface area contributed by atoms with Crippen LogP contribution in [0.25, 0.3) is 0 Å². The van der Waals surface area contributed by atoms with Gasteiger partial charge in [0.15, 0.2) is 1.41 Å². The molecule has 0 saturated heterocycles. The van der Waals surface area contributed by atoms with Gasteiger partial charge in [-0.1, -0.05) is 32.9 Å². The fourth-order valence-corrected chi connectivity index (χ4v) is 1.90. The van der Waals surface area contributed by atoms with Gasteiger partial charge in [-0.15, -0.1) is 0 Å². The molecule has 2 rings (SSSR count). The Morgan fingerprint density at radius 1 is 1.43 bits per heavy atom. The molecule has 2 heteroatoms. The van der Waals surface area contributed by atoms with E-state index >= 15 is 0 Å². The number of hydrogen-bond acceptors (Lipinski definition) is 1. The van der Waals surface area contributed by atoms with E-state index in [2.05, 4.69) is 20.8 Å². The van der Waals surface area contributed by atoms with E-state index < -0.39 is 0 Å². The average molecular weight is 191 g/mol. The van der Waals surface area contributed by atoms with E-state index in [0.717, 1.165) is 10.9 Å². The zero-order chi connectivity index (χ0) is 11.2. The number of carbonyl (C=O) groups excluding carboxylic acids is 1. The van der Waals surface area contributed by atoms with Crippen LogP contribution in [-0.2, 0) is 12.0 Å². The van der Waals surface area contributed by atoms with Gasteiger partial charge >= 0.3 is 0 Å². The summed E-state index contributed by atoms with van der Waals surface area (Å²) in [5.74, 6) is -0.184. The summed E-state index contributed by atoms with van der Waals surface area (Å²) >= 11 is 0. The fraction of sp³-hybridized carbons (Fsp3) is 0.417. The minimum atomic E-state index is -0.184. The van der Waals surface area contributed by atoms with Gasteiger partial charge in [-0.05, 0) is 22.6 Å². The zero-order valence-electron chi connectivity index (χ0n) is 9.79. The second-order valence-electron chi connectivity index (χ2n) is 4.70. The molecule has 1 heterocycles. The fourth-order valence-electron chi connectivity index (χ4n) is 1.90. The summed E-state index contributed by atoms with van der Waals surface area (Å²) in [6, 6.07) is 5.75. The Bertz CT molecular complexity index is 420. The maximum Gasteiger partial charge on any atom is 0.251 e. The van der Waals surface area contributed by atoms with Gasteiger partial charge in [0.1, 0.15) is 0 Å². The summed E-state index contributed by atoms with van der Waals surface area (Å²) in [5.41, 5.74) is 2.90. The molecular formula is C12H15NO. The van der Waals surface area contributed by atoms with Crippen LogP contribution in [0.15, 0.2) is 18.2 Å². The van der Waals surface area contributed by atoms with Gasteiger partial charge in [-0.2, -0.15) is 0 Å². The van der Waals surface area contributed by atoms with Crippen LogP contribution in [0, 0.1) is 0 Å². The highest BCUT2D eigenvalue weighted by molar-refractivity contribution is 5.98. The molecule has 0 fully saturated rings. The first kappa shape index (κ1) is 8.04. The van der Waals surface area contributed by atoms with E-state index in [9.17, 15) is 4.79 Å². The molecule has 1 N–H and O–H groups in total. The molecule has 0 atom stereocenters. The number of amides is 1. The minimum absolute atomic E-state index is 0.0246. The van der Waals surface area contributed by atoms with Crippen LogP contribution in [0.2, 0.25) is 1.41 Å². The number of hydrogen-bond donors (Lipinski definition) is 1. The van der Waals surface area contributed by atoms with E-state index in [1.54, 1.807) is 6.07 Å².